The molecule has 2 aliphatic rings. The van der Waals surface area contributed by atoms with E-state index in [1.807, 2.05) is 0 Å². The predicted molar refractivity (Wildman–Crippen MR) is 65.1 cm³/mol. The summed E-state index contributed by atoms with van der Waals surface area (Å²) in [5.41, 5.74) is 0. The van der Waals surface area contributed by atoms with Crippen LogP contribution in [-0.2, 0) is 0 Å². The molecule has 2 saturated heterocycles. The Kier molecular flexibility index (Phi) is 4.45. The summed E-state index contributed by atoms with van der Waals surface area (Å²) in [6, 6.07) is 0. The lowest BCUT2D eigenvalue weighted by Crippen LogP contribution is -2.40. The molecule has 0 saturated carbocycles. The predicted octanol–water partition coefficient (Wildman–Crippen LogP) is 2.20. The molecule has 2 heteroatoms. The first kappa shape index (κ1) is 11.4. The van der Waals surface area contributed by atoms with Gasteiger partial charge < -0.3 is 9.80 Å². The van der Waals surface area contributed by atoms with Gasteiger partial charge >= 0.3 is 0 Å². The Balaban J connectivity index is 1.67. The van der Waals surface area contributed by atoms with Crippen molar-refractivity contribution in [1.82, 2.24) is 9.80 Å². The van der Waals surface area contributed by atoms with E-state index in [4.69, 9.17) is 0 Å². The summed E-state index contributed by atoms with van der Waals surface area (Å²) in [7, 11) is 0. The molecule has 0 amide bonds. The third-order valence-electron chi connectivity index (χ3n) is 4.12. The van der Waals surface area contributed by atoms with Crippen LogP contribution >= 0.6 is 0 Å². The molecule has 2 rings (SSSR count). The zero-order chi connectivity index (χ0) is 10.5. The molecule has 0 unspecified atom stereocenters. The smallest absolute Gasteiger partial charge is 0.00106 e. The van der Waals surface area contributed by atoms with Crippen LogP contribution in [0.2, 0.25) is 0 Å². The molecule has 0 aliphatic carbocycles. The molecular formula is C13H26N2. The van der Waals surface area contributed by atoms with Gasteiger partial charge in [-0.05, 0) is 64.3 Å². The Morgan fingerprint density at radius 1 is 0.867 bits per heavy atom. The second-order valence-electron chi connectivity index (χ2n) is 5.24. The quantitative estimate of drug-likeness (QED) is 0.704. The lowest BCUT2D eigenvalue weighted by molar-refractivity contribution is 0.135. The number of hydrogen-bond acceptors (Lipinski definition) is 2. The molecule has 0 aromatic carbocycles. The number of hydrogen-bond donors (Lipinski definition) is 0. The van der Waals surface area contributed by atoms with Gasteiger partial charge in [-0.25, -0.2) is 0 Å². The van der Waals surface area contributed by atoms with Crippen molar-refractivity contribution < 1.29 is 0 Å². The van der Waals surface area contributed by atoms with Gasteiger partial charge in [-0.15, -0.1) is 0 Å². The molecule has 2 fully saturated rings. The summed E-state index contributed by atoms with van der Waals surface area (Å²) < 4.78 is 0. The zero-order valence-corrected chi connectivity index (χ0v) is 10.2. The van der Waals surface area contributed by atoms with Gasteiger partial charge in [0, 0.05) is 6.54 Å². The van der Waals surface area contributed by atoms with E-state index in [9.17, 15) is 0 Å². The van der Waals surface area contributed by atoms with Gasteiger partial charge in [0.15, 0.2) is 0 Å². The van der Waals surface area contributed by atoms with Gasteiger partial charge in [0.2, 0.25) is 0 Å². The van der Waals surface area contributed by atoms with Crippen LogP contribution in [0.1, 0.15) is 39.0 Å². The summed E-state index contributed by atoms with van der Waals surface area (Å²) in [5, 5.41) is 0. The molecule has 0 aromatic rings. The minimum absolute atomic E-state index is 0.992. The van der Waals surface area contributed by atoms with Crippen LogP contribution in [0, 0.1) is 5.92 Å². The molecule has 88 valence electrons. The first-order chi connectivity index (χ1) is 7.38. The van der Waals surface area contributed by atoms with Crippen molar-refractivity contribution in [2.75, 3.05) is 39.3 Å². The summed E-state index contributed by atoms with van der Waals surface area (Å²) in [6.45, 7) is 10.3. The normalized spacial score (nSPS) is 27.0. The van der Waals surface area contributed by atoms with Crippen molar-refractivity contribution in [2.45, 2.75) is 39.0 Å². The number of nitrogens with zero attached hydrogens (tertiary/aromatic N) is 2. The van der Waals surface area contributed by atoms with E-state index in [1.54, 1.807) is 0 Å². The summed E-state index contributed by atoms with van der Waals surface area (Å²) in [5.74, 6) is 0.992. The largest absolute Gasteiger partial charge is 0.304 e. The molecule has 0 N–H and O–H groups in total. The van der Waals surface area contributed by atoms with Crippen molar-refractivity contribution in [3.63, 3.8) is 0 Å². The Bertz CT molecular complexity index is 167. The first-order valence-electron chi connectivity index (χ1n) is 6.83. The lowest BCUT2D eigenvalue weighted by Gasteiger charge is -2.35. The molecule has 0 spiro atoms. The lowest BCUT2D eigenvalue weighted by atomic mass is 9.95. The van der Waals surface area contributed by atoms with Crippen LogP contribution in [0.25, 0.3) is 0 Å². The van der Waals surface area contributed by atoms with Gasteiger partial charge in [-0.2, -0.15) is 0 Å². The monoisotopic (exact) mass is 210 g/mol. The Hall–Kier alpha value is -0.0800. The summed E-state index contributed by atoms with van der Waals surface area (Å²) >= 11 is 0. The molecule has 2 aliphatic heterocycles. The Labute approximate surface area is 94.6 Å². The number of likely N-dealkylation sites (tertiary alicyclic amines) is 2. The van der Waals surface area contributed by atoms with E-state index in [0.29, 0.717) is 0 Å². The van der Waals surface area contributed by atoms with Crippen molar-refractivity contribution >= 4 is 0 Å². The highest BCUT2D eigenvalue weighted by Gasteiger charge is 2.21. The third kappa shape index (κ3) is 3.46. The minimum Gasteiger partial charge on any atom is -0.304 e. The van der Waals surface area contributed by atoms with Gasteiger partial charge in [0.05, 0.1) is 0 Å². The van der Waals surface area contributed by atoms with E-state index >= 15 is 0 Å². The molecule has 0 bridgehead atoms. The highest BCUT2D eigenvalue weighted by molar-refractivity contribution is 4.75. The van der Waals surface area contributed by atoms with E-state index in [0.717, 1.165) is 5.92 Å². The second-order valence-corrected chi connectivity index (χ2v) is 5.24. The first-order valence-corrected chi connectivity index (χ1v) is 6.83. The molecule has 0 aromatic heterocycles. The molecule has 2 nitrogen and oxygen atoms in total. The van der Waals surface area contributed by atoms with Crippen LogP contribution in [0.3, 0.4) is 0 Å². The minimum atomic E-state index is 0.992. The van der Waals surface area contributed by atoms with Crippen molar-refractivity contribution in [3.8, 4) is 0 Å². The Morgan fingerprint density at radius 3 is 2.13 bits per heavy atom. The maximum absolute atomic E-state index is 2.70. The molecular weight excluding hydrogens is 184 g/mol. The zero-order valence-electron chi connectivity index (χ0n) is 10.2. The van der Waals surface area contributed by atoms with Crippen LogP contribution in [0.4, 0.5) is 0 Å². The topological polar surface area (TPSA) is 6.48 Å². The molecule has 2 heterocycles. The second kappa shape index (κ2) is 5.86. The van der Waals surface area contributed by atoms with Gasteiger partial charge in [-0.3, -0.25) is 0 Å². The van der Waals surface area contributed by atoms with Crippen molar-refractivity contribution in [2.24, 2.45) is 5.92 Å². The van der Waals surface area contributed by atoms with Gasteiger partial charge in [0.25, 0.3) is 0 Å². The summed E-state index contributed by atoms with van der Waals surface area (Å²) in [4.78, 5) is 5.29. The highest BCUT2D eigenvalue weighted by Crippen LogP contribution is 2.20. The Morgan fingerprint density at radius 2 is 1.53 bits per heavy atom. The maximum atomic E-state index is 2.70. The fourth-order valence-electron chi connectivity index (χ4n) is 2.99. The fraction of sp³-hybridized carbons (Fsp3) is 1.00. The number of rotatable bonds is 3. The van der Waals surface area contributed by atoms with Crippen molar-refractivity contribution in [1.29, 1.82) is 0 Å². The van der Waals surface area contributed by atoms with Crippen molar-refractivity contribution in [3.05, 3.63) is 0 Å². The standard InChI is InChI=1S/C13H26N2/c1-2-14-10-6-13(7-11-14)12-15-8-4-3-5-9-15/h13H,2-12H2,1H3. The van der Waals surface area contributed by atoms with E-state index in [1.165, 1.54) is 71.4 Å². The van der Waals surface area contributed by atoms with E-state index < -0.39 is 0 Å². The summed E-state index contributed by atoms with van der Waals surface area (Å²) in [6.07, 6.45) is 7.21. The molecule has 15 heavy (non-hydrogen) atoms. The SMILES string of the molecule is CCN1CCC(CN2CCCCC2)CC1. The average Bonchev–Trinajstić information content (AvgIpc) is 2.31. The van der Waals surface area contributed by atoms with Crippen LogP contribution < -0.4 is 0 Å². The van der Waals surface area contributed by atoms with Crippen LogP contribution in [0.15, 0.2) is 0 Å². The van der Waals surface area contributed by atoms with Crippen LogP contribution in [0.5, 0.6) is 0 Å². The third-order valence-corrected chi connectivity index (χ3v) is 4.12. The molecule has 0 atom stereocenters. The maximum Gasteiger partial charge on any atom is 0.00106 e. The van der Waals surface area contributed by atoms with Crippen LogP contribution in [-0.4, -0.2) is 49.1 Å². The average molecular weight is 210 g/mol. The van der Waals surface area contributed by atoms with Gasteiger partial charge in [0.1, 0.15) is 0 Å². The molecule has 0 radical (unpaired) electrons. The van der Waals surface area contributed by atoms with E-state index in [2.05, 4.69) is 16.7 Å². The number of piperidine rings is 2. The highest BCUT2D eigenvalue weighted by atomic mass is 15.1. The van der Waals surface area contributed by atoms with Gasteiger partial charge in [-0.1, -0.05) is 13.3 Å². The van der Waals surface area contributed by atoms with E-state index in [-0.39, 0.29) is 0 Å². The fourth-order valence-corrected chi connectivity index (χ4v) is 2.99.